The van der Waals surface area contributed by atoms with Crippen molar-refractivity contribution in [1.29, 1.82) is 0 Å². The Balaban J connectivity index is 1.40. The summed E-state index contributed by atoms with van der Waals surface area (Å²) in [5.41, 5.74) is 2.78. The van der Waals surface area contributed by atoms with E-state index in [2.05, 4.69) is 15.5 Å². The second-order valence-corrected chi connectivity index (χ2v) is 7.62. The molecule has 1 aromatic heterocycles. The Hall–Kier alpha value is -3.20. The maximum absolute atomic E-state index is 12.4. The molecule has 1 aliphatic heterocycles. The fraction of sp³-hybridized carbons (Fsp3) is 0.250. The molecule has 3 aromatic rings. The number of carbonyl (C=O) groups is 2. The van der Waals surface area contributed by atoms with E-state index in [1.165, 1.54) is 16.7 Å². The summed E-state index contributed by atoms with van der Waals surface area (Å²) in [5, 5.41) is 12.6. The van der Waals surface area contributed by atoms with Crippen molar-refractivity contribution in [3.63, 3.8) is 0 Å². The number of methoxy groups -OCH3 is 1. The van der Waals surface area contributed by atoms with Crippen molar-refractivity contribution in [3.05, 3.63) is 59.2 Å². The van der Waals surface area contributed by atoms with Gasteiger partial charge in [-0.3, -0.25) is 14.5 Å². The number of aromatic nitrogens is 4. The SMILES string of the molecule is COc1ccc(C)cc1-n1nnnc1SCCCN1C(=O)c2ccccc2C1=O. The molecule has 4 rings (SSSR count). The van der Waals surface area contributed by atoms with E-state index in [1.54, 1.807) is 36.1 Å². The number of hydrogen-bond acceptors (Lipinski definition) is 7. The molecule has 29 heavy (non-hydrogen) atoms. The van der Waals surface area contributed by atoms with Crippen LogP contribution in [0.25, 0.3) is 5.69 Å². The fourth-order valence-corrected chi connectivity index (χ4v) is 4.02. The van der Waals surface area contributed by atoms with E-state index in [0.717, 1.165) is 11.3 Å². The Morgan fingerprint density at radius 1 is 1.07 bits per heavy atom. The van der Waals surface area contributed by atoms with Gasteiger partial charge in [0, 0.05) is 12.3 Å². The number of fused-ring (bicyclic) bond motifs is 1. The molecule has 0 radical (unpaired) electrons. The number of hydrogen-bond donors (Lipinski definition) is 0. The van der Waals surface area contributed by atoms with E-state index in [9.17, 15) is 9.59 Å². The topological polar surface area (TPSA) is 90.2 Å². The van der Waals surface area contributed by atoms with Gasteiger partial charge in [0.2, 0.25) is 5.16 Å². The number of imide groups is 1. The summed E-state index contributed by atoms with van der Waals surface area (Å²) in [4.78, 5) is 26.1. The molecule has 2 aromatic carbocycles. The normalized spacial score (nSPS) is 13.1. The molecule has 0 aliphatic carbocycles. The number of tetrazole rings is 1. The van der Waals surface area contributed by atoms with Gasteiger partial charge < -0.3 is 4.74 Å². The molecule has 0 unspecified atom stereocenters. The van der Waals surface area contributed by atoms with Crippen LogP contribution in [0, 0.1) is 6.92 Å². The van der Waals surface area contributed by atoms with Gasteiger partial charge in [0.05, 0.1) is 18.2 Å². The predicted molar refractivity (Wildman–Crippen MR) is 108 cm³/mol. The highest BCUT2D eigenvalue weighted by molar-refractivity contribution is 7.99. The fourth-order valence-electron chi connectivity index (χ4n) is 3.21. The maximum atomic E-state index is 12.4. The van der Waals surface area contributed by atoms with Crippen molar-refractivity contribution in [2.75, 3.05) is 19.4 Å². The van der Waals surface area contributed by atoms with Crippen LogP contribution in [0.3, 0.4) is 0 Å². The molecule has 0 saturated heterocycles. The quantitative estimate of drug-likeness (QED) is 0.337. The zero-order valence-corrected chi connectivity index (χ0v) is 16.8. The smallest absolute Gasteiger partial charge is 0.261 e. The third-order valence-corrected chi connectivity index (χ3v) is 5.64. The Kier molecular flexibility index (Phi) is 5.30. The average molecular weight is 409 g/mol. The van der Waals surface area contributed by atoms with E-state index in [-0.39, 0.29) is 11.8 Å². The molecule has 0 saturated carbocycles. The summed E-state index contributed by atoms with van der Waals surface area (Å²) in [7, 11) is 1.60. The van der Waals surface area contributed by atoms with Gasteiger partial charge in [0.1, 0.15) is 11.4 Å². The number of ether oxygens (including phenoxy) is 1. The van der Waals surface area contributed by atoms with Gasteiger partial charge in [0.15, 0.2) is 0 Å². The Labute approximate surface area is 171 Å². The number of benzene rings is 2. The van der Waals surface area contributed by atoms with E-state index >= 15 is 0 Å². The Bertz CT molecular complexity index is 1050. The van der Waals surface area contributed by atoms with Crippen molar-refractivity contribution in [3.8, 4) is 11.4 Å². The highest BCUT2D eigenvalue weighted by Crippen LogP contribution is 2.28. The van der Waals surface area contributed by atoms with Crippen molar-refractivity contribution in [1.82, 2.24) is 25.1 Å². The van der Waals surface area contributed by atoms with Crippen molar-refractivity contribution < 1.29 is 14.3 Å². The lowest BCUT2D eigenvalue weighted by molar-refractivity contribution is 0.0655. The van der Waals surface area contributed by atoms with Crippen LogP contribution in [0.4, 0.5) is 0 Å². The second kappa shape index (κ2) is 8.04. The van der Waals surface area contributed by atoms with Gasteiger partial charge in [-0.1, -0.05) is 30.0 Å². The highest BCUT2D eigenvalue weighted by Gasteiger charge is 2.34. The molecular formula is C20H19N5O3S. The van der Waals surface area contributed by atoms with Crippen LogP contribution in [-0.4, -0.2) is 56.3 Å². The molecule has 0 N–H and O–H groups in total. The molecule has 0 spiro atoms. The number of carbonyl (C=O) groups excluding carboxylic acids is 2. The van der Waals surface area contributed by atoms with Crippen molar-refractivity contribution in [2.24, 2.45) is 0 Å². The standard InChI is InChI=1S/C20H19N5O3S/c1-13-8-9-17(28-2)16(12-13)25-20(21-22-23-25)29-11-5-10-24-18(26)14-6-3-4-7-15(14)19(24)27/h3-4,6-9,12H,5,10-11H2,1-2H3. The molecular weight excluding hydrogens is 390 g/mol. The van der Waals surface area contributed by atoms with Crippen LogP contribution in [0.1, 0.15) is 32.7 Å². The third-order valence-electron chi connectivity index (χ3n) is 4.64. The first-order valence-corrected chi connectivity index (χ1v) is 10.1. The first-order chi connectivity index (χ1) is 14.1. The third kappa shape index (κ3) is 3.61. The maximum Gasteiger partial charge on any atom is 0.261 e. The first kappa shape index (κ1) is 19.1. The summed E-state index contributed by atoms with van der Waals surface area (Å²) in [6.45, 7) is 2.34. The van der Waals surface area contributed by atoms with Crippen LogP contribution < -0.4 is 4.74 Å². The van der Waals surface area contributed by atoms with Crippen LogP contribution in [0.5, 0.6) is 5.75 Å². The molecule has 148 valence electrons. The zero-order valence-electron chi connectivity index (χ0n) is 16.0. The van der Waals surface area contributed by atoms with E-state index in [1.807, 2.05) is 25.1 Å². The Morgan fingerprint density at radius 2 is 1.79 bits per heavy atom. The summed E-state index contributed by atoms with van der Waals surface area (Å²) in [5.74, 6) is 0.868. The summed E-state index contributed by atoms with van der Waals surface area (Å²) < 4.78 is 7.06. The molecule has 2 amide bonds. The molecule has 1 aliphatic rings. The van der Waals surface area contributed by atoms with E-state index < -0.39 is 0 Å². The largest absolute Gasteiger partial charge is 0.494 e. The number of nitrogens with zero attached hydrogens (tertiary/aromatic N) is 5. The molecule has 0 bridgehead atoms. The molecule has 8 nitrogen and oxygen atoms in total. The highest BCUT2D eigenvalue weighted by atomic mass is 32.2. The van der Waals surface area contributed by atoms with Gasteiger partial charge in [-0.25, -0.2) is 0 Å². The van der Waals surface area contributed by atoms with Crippen molar-refractivity contribution in [2.45, 2.75) is 18.5 Å². The van der Waals surface area contributed by atoms with E-state index in [0.29, 0.717) is 40.8 Å². The van der Waals surface area contributed by atoms with Gasteiger partial charge in [-0.2, -0.15) is 4.68 Å². The number of rotatable bonds is 7. The van der Waals surface area contributed by atoms with Crippen LogP contribution in [0.15, 0.2) is 47.6 Å². The minimum atomic E-state index is -0.232. The zero-order chi connectivity index (χ0) is 20.4. The number of amides is 2. The van der Waals surface area contributed by atoms with Crippen LogP contribution >= 0.6 is 11.8 Å². The Morgan fingerprint density at radius 3 is 2.48 bits per heavy atom. The average Bonchev–Trinajstić information content (AvgIpc) is 3.29. The lowest BCUT2D eigenvalue weighted by Crippen LogP contribution is -2.31. The van der Waals surface area contributed by atoms with Gasteiger partial charge in [0.25, 0.3) is 11.8 Å². The first-order valence-electron chi connectivity index (χ1n) is 9.11. The predicted octanol–water partition coefficient (Wildman–Crippen LogP) is 2.76. The lowest BCUT2D eigenvalue weighted by atomic mass is 10.1. The molecule has 0 fully saturated rings. The van der Waals surface area contributed by atoms with Gasteiger partial charge in [-0.05, 0) is 53.6 Å². The molecule has 2 heterocycles. The minimum absolute atomic E-state index is 0.232. The lowest BCUT2D eigenvalue weighted by Gasteiger charge is -2.13. The van der Waals surface area contributed by atoms with Gasteiger partial charge >= 0.3 is 0 Å². The monoisotopic (exact) mass is 409 g/mol. The molecule has 9 heteroatoms. The van der Waals surface area contributed by atoms with Crippen LogP contribution in [-0.2, 0) is 0 Å². The summed E-state index contributed by atoms with van der Waals surface area (Å²) in [6, 6.07) is 12.7. The number of thioether (sulfide) groups is 1. The van der Waals surface area contributed by atoms with Gasteiger partial charge in [-0.15, -0.1) is 5.10 Å². The summed E-state index contributed by atoms with van der Waals surface area (Å²) in [6.07, 6.45) is 0.633. The van der Waals surface area contributed by atoms with E-state index in [4.69, 9.17) is 4.74 Å². The number of aryl methyl sites for hydroxylation is 1. The second-order valence-electron chi connectivity index (χ2n) is 6.56. The minimum Gasteiger partial charge on any atom is -0.494 e. The summed E-state index contributed by atoms with van der Waals surface area (Å²) >= 11 is 1.47. The molecule has 0 atom stereocenters. The van der Waals surface area contributed by atoms with Crippen LogP contribution in [0.2, 0.25) is 0 Å². The van der Waals surface area contributed by atoms with Crippen molar-refractivity contribution >= 4 is 23.6 Å².